The first-order valence-electron chi connectivity index (χ1n) is 37.3. The van der Waals surface area contributed by atoms with Crippen molar-refractivity contribution in [3.05, 3.63) is 0 Å². The highest BCUT2D eigenvalue weighted by Gasteiger charge is 2.30. The summed E-state index contributed by atoms with van der Waals surface area (Å²) in [5.74, 6) is 0.0703. The number of aliphatic hydroxyl groups is 1. The first kappa shape index (κ1) is 89.1. The molecule has 17 nitrogen and oxygen atoms in total. The summed E-state index contributed by atoms with van der Waals surface area (Å²) in [7, 11) is -9.90. The summed E-state index contributed by atoms with van der Waals surface area (Å²) in [6.07, 6.45) is 47.3. The van der Waals surface area contributed by atoms with Crippen LogP contribution < -0.4 is 0 Å². The van der Waals surface area contributed by atoms with E-state index in [9.17, 15) is 43.2 Å². The van der Waals surface area contributed by atoms with E-state index in [4.69, 9.17) is 37.0 Å². The summed E-state index contributed by atoms with van der Waals surface area (Å²) in [5, 5.41) is 10.6. The quantitative estimate of drug-likeness (QED) is 0.0222. The molecular weight excluding hydrogens is 1200 g/mol. The lowest BCUT2D eigenvalue weighted by Crippen LogP contribution is -2.30. The molecule has 0 fully saturated rings. The van der Waals surface area contributed by atoms with Crippen LogP contribution in [0.1, 0.15) is 363 Å². The predicted octanol–water partition coefficient (Wildman–Crippen LogP) is 20.6. The Morgan fingerprint density at radius 3 is 0.747 bits per heavy atom. The second-order valence-corrected chi connectivity index (χ2v) is 30.3. The van der Waals surface area contributed by atoms with Gasteiger partial charge in [-0.2, -0.15) is 0 Å². The molecule has 0 amide bonds. The molecule has 0 spiro atoms. The van der Waals surface area contributed by atoms with E-state index in [2.05, 4.69) is 48.5 Å². The molecule has 0 aliphatic rings. The van der Waals surface area contributed by atoms with Crippen LogP contribution in [-0.2, 0) is 65.4 Å². The van der Waals surface area contributed by atoms with Crippen LogP contribution in [0.25, 0.3) is 0 Å². The maximum Gasteiger partial charge on any atom is 0.472 e. The Balaban J connectivity index is 5.23. The number of phosphoric ester groups is 2. The van der Waals surface area contributed by atoms with Gasteiger partial charge in [0.1, 0.15) is 19.3 Å². The van der Waals surface area contributed by atoms with Crippen molar-refractivity contribution < 1.29 is 80.2 Å². The number of ether oxygens (including phenoxy) is 4. The number of hydrogen-bond acceptors (Lipinski definition) is 15. The predicted molar refractivity (Wildman–Crippen MR) is 368 cm³/mol. The highest BCUT2D eigenvalue weighted by Crippen LogP contribution is 2.45. The Morgan fingerprint density at radius 2 is 0.505 bits per heavy atom. The monoisotopic (exact) mass is 1340 g/mol. The van der Waals surface area contributed by atoms with Crippen LogP contribution in [0.5, 0.6) is 0 Å². The molecule has 2 unspecified atom stereocenters. The van der Waals surface area contributed by atoms with Gasteiger partial charge in [-0.25, -0.2) is 9.13 Å². The van der Waals surface area contributed by atoms with Crippen LogP contribution in [0.3, 0.4) is 0 Å². The topological polar surface area (TPSA) is 237 Å². The van der Waals surface area contributed by atoms with E-state index in [1.54, 1.807) is 0 Å². The molecule has 540 valence electrons. The van der Waals surface area contributed by atoms with Crippen LogP contribution in [0.2, 0.25) is 0 Å². The molecule has 0 aromatic rings. The van der Waals surface area contributed by atoms with E-state index >= 15 is 0 Å². The van der Waals surface area contributed by atoms with E-state index in [0.717, 1.165) is 102 Å². The van der Waals surface area contributed by atoms with Gasteiger partial charge in [0.15, 0.2) is 12.2 Å². The van der Waals surface area contributed by atoms with Crippen molar-refractivity contribution in [3.63, 3.8) is 0 Å². The Morgan fingerprint density at radius 1 is 0.297 bits per heavy atom. The van der Waals surface area contributed by atoms with E-state index in [1.807, 2.05) is 0 Å². The molecule has 0 rings (SSSR count). The van der Waals surface area contributed by atoms with E-state index in [1.165, 1.54) is 167 Å². The third-order valence-corrected chi connectivity index (χ3v) is 18.5. The number of carbonyl (C=O) groups is 4. The second kappa shape index (κ2) is 62.8. The second-order valence-electron chi connectivity index (χ2n) is 27.4. The number of hydrogen-bond donors (Lipinski definition) is 3. The maximum atomic E-state index is 13.0. The van der Waals surface area contributed by atoms with Crippen molar-refractivity contribution in [1.82, 2.24) is 0 Å². The van der Waals surface area contributed by atoms with Gasteiger partial charge in [0.2, 0.25) is 0 Å². The van der Waals surface area contributed by atoms with Crippen molar-refractivity contribution in [2.75, 3.05) is 39.6 Å². The summed E-state index contributed by atoms with van der Waals surface area (Å²) in [5.41, 5.74) is 0. The fourth-order valence-electron chi connectivity index (χ4n) is 10.9. The van der Waals surface area contributed by atoms with E-state index in [0.29, 0.717) is 37.5 Å². The molecule has 19 heteroatoms. The number of phosphoric acid groups is 2. The third kappa shape index (κ3) is 66.5. The third-order valence-electron chi connectivity index (χ3n) is 16.6. The van der Waals surface area contributed by atoms with Crippen molar-refractivity contribution in [1.29, 1.82) is 0 Å². The van der Waals surface area contributed by atoms with Gasteiger partial charge in [-0.1, -0.05) is 312 Å². The largest absolute Gasteiger partial charge is 0.472 e. The zero-order valence-corrected chi connectivity index (χ0v) is 61.1. The molecule has 0 saturated carbocycles. The fraction of sp³-hybridized carbons (Fsp3) is 0.944. The average molecular weight is 1340 g/mol. The standard InChI is InChI=1S/C72H140O17P2/c1-8-9-10-11-12-13-14-15-19-22-25-32-39-46-53-69(74)82-59-67(88-71(76)55-48-41-33-26-23-20-17-16-18-21-24-29-36-43-50-63(2)3)61-86-90(78,79)84-57-66(73)58-85-91(80,81)87-62-68(89-72(77)56-49-42-35-28-31-38-45-52-65(6)7)60-83-70(75)54-47-40-34-27-30-37-44-51-64(4)5/h63-68,73H,8-62H2,1-7H3,(H,78,79)(H,80,81)/t66-,67-,68-/m1/s1. The van der Waals surface area contributed by atoms with Gasteiger partial charge in [-0.05, 0) is 43.4 Å². The zero-order valence-electron chi connectivity index (χ0n) is 59.3. The fourth-order valence-corrected chi connectivity index (χ4v) is 12.5. The van der Waals surface area contributed by atoms with Crippen LogP contribution in [0.15, 0.2) is 0 Å². The van der Waals surface area contributed by atoms with Crippen LogP contribution in [0.4, 0.5) is 0 Å². The molecular formula is C72H140O17P2. The number of unbranched alkanes of at least 4 members (excludes halogenated alkanes) is 38. The first-order valence-corrected chi connectivity index (χ1v) is 40.3. The molecule has 0 heterocycles. The smallest absolute Gasteiger partial charge is 0.462 e. The normalized spacial score (nSPS) is 14.2. The number of aliphatic hydroxyl groups excluding tert-OH is 1. The molecule has 5 atom stereocenters. The Bertz CT molecular complexity index is 1780. The SMILES string of the molecule is CCCCCCCCCCCCCCCCC(=O)OC[C@H](COP(=O)(O)OC[C@@H](O)COP(=O)(O)OC[C@@H](COC(=O)CCCCCCCCCC(C)C)OC(=O)CCCCCCCCCC(C)C)OC(=O)CCCCCCCCCCCCCCCCC(C)C. The molecule has 0 radical (unpaired) electrons. The first-order chi connectivity index (χ1) is 43.7. The minimum Gasteiger partial charge on any atom is -0.462 e. The minimum absolute atomic E-state index is 0.103. The number of carbonyl (C=O) groups excluding carboxylic acids is 4. The van der Waals surface area contributed by atoms with Gasteiger partial charge in [-0.3, -0.25) is 37.3 Å². The van der Waals surface area contributed by atoms with Crippen LogP contribution >= 0.6 is 15.6 Å². The summed E-state index contributed by atoms with van der Waals surface area (Å²) in [6.45, 7) is 11.8. The van der Waals surface area contributed by atoms with Gasteiger partial charge in [0.25, 0.3) is 0 Å². The van der Waals surface area contributed by atoms with Crippen molar-refractivity contribution in [2.45, 2.75) is 381 Å². The molecule has 0 aromatic heterocycles. The summed E-state index contributed by atoms with van der Waals surface area (Å²) in [4.78, 5) is 72.6. The lowest BCUT2D eigenvalue weighted by molar-refractivity contribution is -0.161. The minimum atomic E-state index is -4.95. The highest BCUT2D eigenvalue weighted by molar-refractivity contribution is 7.47. The molecule has 0 aliphatic heterocycles. The van der Waals surface area contributed by atoms with E-state index in [-0.39, 0.29) is 25.7 Å². The number of rotatable bonds is 70. The molecule has 0 bridgehead atoms. The average Bonchev–Trinajstić information content (AvgIpc) is 3.31. The molecule has 91 heavy (non-hydrogen) atoms. The zero-order chi connectivity index (χ0) is 67.3. The molecule has 3 N–H and O–H groups in total. The van der Waals surface area contributed by atoms with Crippen molar-refractivity contribution >= 4 is 39.5 Å². The van der Waals surface area contributed by atoms with Gasteiger partial charge < -0.3 is 33.8 Å². The molecule has 0 aromatic carbocycles. The van der Waals surface area contributed by atoms with Gasteiger partial charge in [0.05, 0.1) is 26.4 Å². The van der Waals surface area contributed by atoms with E-state index < -0.39 is 97.5 Å². The summed E-state index contributed by atoms with van der Waals surface area (Å²) >= 11 is 0. The van der Waals surface area contributed by atoms with Crippen LogP contribution in [0, 0.1) is 17.8 Å². The Hall–Kier alpha value is -1.94. The van der Waals surface area contributed by atoms with Crippen LogP contribution in [-0.4, -0.2) is 96.7 Å². The summed E-state index contributed by atoms with van der Waals surface area (Å²) in [6, 6.07) is 0. The number of esters is 4. The molecule has 0 aliphatic carbocycles. The Labute approximate surface area is 556 Å². The highest BCUT2D eigenvalue weighted by atomic mass is 31.2. The maximum absolute atomic E-state index is 13.0. The lowest BCUT2D eigenvalue weighted by atomic mass is 10.0. The van der Waals surface area contributed by atoms with Crippen molar-refractivity contribution in [2.24, 2.45) is 17.8 Å². The summed E-state index contributed by atoms with van der Waals surface area (Å²) < 4.78 is 68.3. The Kier molecular flexibility index (Phi) is 61.5. The van der Waals surface area contributed by atoms with Gasteiger partial charge >= 0.3 is 39.5 Å². The van der Waals surface area contributed by atoms with Crippen molar-refractivity contribution in [3.8, 4) is 0 Å². The van der Waals surface area contributed by atoms with Gasteiger partial charge in [0, 0.05) is 25.7 Å². The van der Waals surface area contributed by atoms with Gasteiger partial charge in [-0.15, -0.1) is 0 Å². The lowest BCUT2D eigenvalue weighted by Gasteiger charge is -2.21. The molecule has 0 saturated heterocycles.